The zero-order valence-electron chi connectivity index (χ0n) is 10.5. The van der Waals surface area contributed by atoms with E-state index >= 15 is 0 Å². The normalized spacial score (nSPS) is 28.5. The molecule has 1 saturated heterocycles. The Labute approximate surface area is 118 Å². The molecule has 98 valence electrons. The Bertz CT molecular complexity index is 445. The first kappa shape index (κ1) is 12.6. The van der Waals surface area contributed by atoms with Crippen LogP contribution in [0, 0.1) is 5.92 Å². The van der Waals surface area contributed by atoms with Crippen molar-refractivity contribution >= 4 is 28.9 Å². The highest BCUT2D eigenvalue weighted by Gasteiger charge is 2.36. The van der Waals surface area contributed by atoms with Crippen molar-refractivity contribution in [1.29, 1.82) is 0 Å². The molecule has 0 spiro atoms. The Balaban J connectivity index is 1.83. The van der Waals surface area contributed by atoms with Crippen LogP contribution in [0.15, 0.2) is 18.2 Å². The molecule has 4 heteroatoms. The van der Waals surface area contributed by atoms with Crippen LogP contribution in [-0.4, -0.2) is 25.2 Å². The molecule has 2 atom stereocenters. The molecule has 0 amide bonds. The van der Waals surface area contributed by atoms with E-state index in [1.165, 1.54) is 12.8 Å². The van der Waals surface area contributed by atoms with E-state index in [0.717, 1.165) is 29.7 Å². The molecule has 1 N–H and O–H groups in total. The zero-order chi connectivity index (χ0) is 12.7. The molecule has 18 heavy (non-hydrogen) atoms. The molecule has 1 aromatic rings. The Kier molecular flexibility index (Phi) is 3.44. The SMILES string of the molecule is CC1CNC(C2CC2)CN1c1ccc(Cl)cc1Cl. The number of piperazine rings is 1. The molecule has 2 aliphatic rings. The second-order valence-corrected chi connectivity index (χ2v) is 6.29. The lowest BCUT2D eigenvalue weighted by molar-refractivity contribution is 0.376. The average molecular weight is 285 g/mol. The fraction of sp³-hybridized carbons (Fsp3) is 0.571. The van der Waals surface area contributed by atoms with Crippen LogP contribution in [0.25, 0.3) is 0 Å². The predicted octanol–water partition coefficient (Wildman–Crippen LogP) is 3.57. The topological polar surface area (TPSA) is 15.3 Å². The van der Waals surface area contributed by atoms with Gasteiger partial charge in [-0.1, -0.05) is 23.2 Å². The molecule has 1 aromatic carbocycles. The second-order valence-electron chi connectivity index (χ2n) is 5.45. The summed E-state index contributed by atoms with van der Waals surface area (Å²) in [6, 6.07) is 6.88. The van der Waals surface area contributed by atoms with E-state index in [9.17, 15) is 0 Å². The van der Waals surface area contributed by atoms with Crippen LogP contribution in [-0.2, 0) is 0 Å². The minimum absolute atomic E-state index is 0.471. The lowest BCUT2D eigenvalue weighted by Gasteiger charge is -2.41. The lowest BCUT2D eigenvalue weighted by Crippen LogP contribution is -2.56. The summed E-state index contributed by atoms with van der Waals surface area (Å²) in [5, 5.41) is 5.11. The number of nitrogens with zero attached hydrogens (tertiary/aromatic N) is 1. The molecular formula is C14H18Cl2N2. The van der Waals surface area contributed by atoms with Crippen LogP contribution >= 0.6 is 23.2 Å². The third-order valence-electron chi connectivity index (χ3n) is 4.01. The van der Waals surface area contributed by atoms with Gasteiger partial charge < -0.3 is 10.2 Å². The smallest absolute Gasteiger partial charge is 0.0654 e. The van der Waals surface area contributed by atoms with Crippen molar-refractivity contribution in [2.45, 2.75) is 31.8 Å². The van der Waals surface area contributed by atoms with Crippen molar-refractivity contribution in [2.24, 2.45) is 5.92 Å². The monoisotopic (exact) mass is 284 g/mol. The molecule has 2 unspecified atom stereocenters. The van der Waals surface area contributed by atoms with Gasteiger partial charge in [-0.25, -0.2) is 0 Å². The number of anilines is 1. The van der Waals surface area contributed by atoms with E-state index in [1.807, 2.05) is 18.2 Å². The maximum absolute atomic E-state index is 6.32. The highest BCUT2D eigenvalue weighted by molar-refractivity contribution is 6.36. The van der Waals surface area contributed by atoms with Crippen molar-refractivity contribution in [3.05, 3.63) is 28.2 Å². The first-order chi connectivity index (χ1) is 8.65. The van der Waals surface area contributed by atoms with E-state index in [0.29, 0.717) is 17.1 Å². The maximum atomic E-state index is 6.32. The molecule has 2 nitrogen and oxygen atoms in total. The third kappa shape index (κ3) is 2.47. The van der Waals surface area contributed by atoms with Crippen LogP contribution in [0.2, 0.25) is 10.0 Å². The van der Waals surface area contributed by atoms with Gasteiger partial charge in [0.25, 0.3) is 0 Å². The van der Waals surface area contributed by atoms with Crippen molar-refractivity contribution in [2.75, 3.05) is 18.0 Å². The number of benzene rings is 1. The maximum Gasteiger partial charge on any atom is 0.0654 e. The van der Waals surface area contributed by atoms with Crippen LogP contribution in [0.5, 0.6) is 0 Å². The van der Waals surface area contributed by atoms with Crippen molar-refractivity contribution in [3.63, 3.8) is 0 Å². The first-order valence-corrected chi connectivity index (χ1v) is 7.36. The van der Waals surface area contributed by atoms with Crippen LogP contribution in [0.1, 0.15) is 19.8 Å². The van der Waals surface area contributed by atoms with E-state index in [2.05, 4.69) is 17.1 Å². The number of nitrogens with one attached hydrogen (secondary N) is 1. The van der Waals surface area contributed by atoms with Gasteiger partial charge in [-0.15, -0.1) is 0 Å². The summed E-state index contributed by atoms with van der Waals surface area (Å²) in [4.78, 5) is 2.41. The summed E-state index contributed by atoms with van der Waals surface area (Å²) in [7, 11) is 0. The van der Waals surface area contributed by atoms with Gasteiger partial charge in [-0.3, -0.25) is 0 Å². The Hall–Kier alpha value is -0.440. The van der Waals surface area contributed by atoms with Gasteiger partial charge in [-0.05, 0) is 43.9 Å². The summed E-state index contributed by atoms with van der Waals surface area (Å²) in [6.45, 7) is 4.31. The molecule has 1 saturated carbocycles. The molecule has 0 aromatic heterocycles. The fourth-order valence-electron chi connectivity index (χ4n) is 2.75. The molecule has 3 rings (SSSR count). The molecular weight excluding hydrogens is 267 g/mol. The Morgan fingerprint density at radius 2 is 2.06 bits per heavy atom. The average Bonchev–Trinajstić information content (AvgIpc) is 3.14. The highest BCUT2D eigenvalue weighted by Crippen LogP contribution is 2.37. The van der Waals surface area contributed by atoms with Gasteiger partial charge in [0, 0.05) is 30.2 Å². The largest absolute Gasteiger partial charge is 0.365 e. The van der Waals surface area contributed by atoms with Gasteiger partial charge in [0.2, 0.25) is 0 Å². The minimum atomic E-state index is 0.471. The van der Waals surface area contributed by atoms with Crippen LogP contribution in [0.4, 0.5) is 5.69 Å². The summed E-state index contributed by atoms with van der Waals surface area (Å²) < 4.78 is 0. The van der Waals surface area contributed by atoms with Crippen LogP contribution in [0.3, 0.4) is 0 Å². The van der Waals surface area contributed by atoms with Gasteiger partial charge in [0.05, 0.1) is 10.7 Å². The lowest BCUT2D eigenvalue weighted by atomic mass is 10.1. The predicted molar refractivity (Wildman–Crippen MR) is 77.8 cm³/mol. The summed E-state index contributed by atoms with van der Waals surface area (Å²) in [5.74, 6) is 0.867. The summed E-state index contributed by atoms with van der Waals surface area (Å²) in [6.07, 6.45) is 2.74. The minimum Gasteiger partial charge on any atom is -0.365 e. The van der Waals surface area contributed by atoms with E-state index in [1.54, 1.807) is 0 Å². The van der Waals surface area contributed by atoms with Crippen LogP contribution < -0.4 is 10.2 Å². The zero-order valence-corrected chi connectivity index (χ0v) is 12.0. The Morgan fingerprint density at radius 3 is 2.72 bits per heavy atom. The van der Waals surface area contributed by atoms with E-state index in [4.69, 9.17) is 23.2 Å². The summed E-state index contributed by atoms with van der Waals surface area (Å²) in [5.41, 5.74) is 1.11. The highest BCUT2D eigenvalue weighted by atomic mass is 35.5. The Morgan fingerprint density at radius 1 is 1.28 bits per heavy atom. The first-order valence-electron chi connectivity index (χ1n) is 6.60. The fourth-order valence-corrected chi connectivity index (χ4v) is 3.27. The summed E-state index contributed by atoms with van der Waals surface area (Å²) >= 11 is 12.3. The molecule has 1 aliphatic carbocycles. The number of halogens is 2. The van der Waals surface area contributed by atoms with E-state index < -0.39 is 0 Å². The van der Waals surface area contributed by atoms with Gasteiger partial charge in [-0.2, -0.15) is 0 Å². The van der Waals surface area contributed by atoms with Crippen molar-refractivity contribution < 1.29 is 0 Å². The van der Waals surface area contributed by atoms with Gasteiger partial charge in [0.15, 0.2) is 0 Å². The molecule has 2 fully saturated rings. The quantitative estimate of drug-likeness (QED) is 0.893. The van der Waals surface area contributed by atoms with Gasteiger partial charge in [0.1, 0.15) is 0 Å². The molecule has 1 aliphatic heterocycles. The second kappa shape index (κ2) is 4.92. The third-order valence-corrected chi connectivity index (χ3v) is 4.55. The number of hydrogen-bond donors (Lipinski definition) is 1. The number of hydrogen-bond acceptors (Lipinski definition) is 2. The van der Waals surface area contributed by atoms with E-state index in [-0.39, 0.29) is 0 Å². The van der Waals surface area contributed by atoms with Crippen molar-refractivity contribution in [1.82, 2.24) is 5.32 Å². The molecule has 1 heterocycles. The number of rotatable bonds is 2. The van der Waals surface area contributed by atoms with Gasteiger partial charge >= 0.3 is 0 Å². The molecule has 0 radical (unpaired) electrons. The molecule has 0 bridgehead atoms. The standard InChI is InChI=1S/C14H18Cl2N2/c1-9-7-17-13(10-2-3-10)8-18(9)14-5-4-11(15)6-12(14)16/h4-6,9-10,13,17H,2-3,7-8H2,1H3. The van der Waals surface area contributed by atoms with Crippen molar-refractivity contribution in [3.8, 4) is 0 Å².